The van der Waals surface area contributed by atoms with Crippen molar-refractivity contribution < 1.29 is 0 Å². The number of anilines is 2. The second-order valence-corrected chi connectivity index (χ2v) is 14.2. The average molecular weight is 483 g/mol. The largest absolute Gasteiger partial charge is 0.337 e. The molecule has 0 atom stereocenters. The van der Waals surface area contributed by atoms with Gasteiger partial charge in [-0.25, -0.2) is 9.97 Å². The van der Waals surface area contributed by atoms with E-state index >= 15 is 0 Å². The van der Waals surface area contributed by atoms with Gasteiger partial charge in [-0.05, 0) is 28.4 Å². The minimum atomic E-state index is -0.640. The fraction of sp³-hybridized carbons (Fsp3) is 0.500. The first-order valence-corrected chi connectivity index (χ1v) is 13.2. The number of nitrogens with zero attached hydrogens (tertiary/aromatic N) is 2. The van der Waals surface area contributed by atoms with E-state index in [-0.39, 0.29) is 21.7 Å². The van der Waals surface area contributed by atoms with Crippen LogP contribution in [0.4, 0.5) is 11.6 Å². The lowest BCUT2D eigenvalue weighted by molar-refractivity contribution is 0.396. The zero-order chi connectivity index (χ0) is 26.3. The van der Waals surface area contributed by atoms with Gasteiger partial charge < -0.3 is 10.6 Å². The molecule has 1 aromatic heterocycles. The smallest absolute Gasteiger partial charge is 0.171 e. The van der Waals surface area contributed by atoms with Crippen LogP contribution in [-0.4, -0.2) is 9.97 Å². The van der Waals surface area contributed by atoms with Crippen molar-refractivity contribution in [2.45, 2.75) is 103 Å². The molecule has 0 bridgehead atoms. The quantitative estimate of drug-likeness (QED) is 0.392. The third kappa shape index (κ3) is 3.90. The highest BCUT2D eigenvalue weighted by molar-refractivity contribution is 5.74. The van der Waals surface area contributed by atoms with Gasteiger partial charge in [0.25, 0.3) is 0 Å². The van der Waals surface area contributed by atoms with Gasteiger partial charge in [0, 0.05) is 22.0 Å². The standard InChI is InChI=1S/C32H42N4/c1-28(2,3)20-11-15-22(16-12-20)32(23-17-13-21(14-18-23)29(4,5)6)35-26-27(36-32)34-25-24(33-26)30(7,8)19-31(25,9)10/h11-18H,19H2,1-10H3,(H,33,35)(H,34,36). The topological polar surface area (TPSA) is 49.8 Å². The van der Waals surface area contributed by atoms with E-state index in [1.165, 1.54) is 11.1 Å². The molecule has 2 N–H and O–H groups in total. The van der Waals surface area contributed by atoms with Gasteiger partial charge in [-0.3, -0.25) is 0 Å². The van der Waals surface area contributed by atoms with Crippen LogP contribution in [0.15, 0.2) is 48.5 Å². The maximum Gasteiger partial charge on any atom is 0.171 e. The maximum absolute atomic E-state index is 5.21. The van der Waals surface area contributed by atoms with Crippen molar-refractivity contribution in [2.75, 3.05) is 10.6 Å². The Morgan fingerprint density at radius 3 is 1.22 bits per heavy atom. The molecule has 5 rings (SSSR count). The normalized spacial score (nSPS) is 19.3. The van der Waals surface area contributed by atoms with E-state index in [2.05, 4.69) is 128 Å². The number of fused-ring (bicyclic) bond motifs is 2. The van der Waals surface area contributed by atoms with Crippen LogP contribution in [-0.2, 0) is 27.3 Å². The van der Waals surface area contributed by atoms with Crippen molar-refractivity contribution >= 4 is 11.6 Å². The molecule has 0 radical (unpaired) electrons. The molecule has 4 nitrogen and oxygen atoms in total. The molecule has 3 aromatic rings. The highest BCUT2D eigenvalue weighted by Crippen LogP contribution is 2.51. The van der Waals surface area contributed by atoms with E-state index in [1.807, 2.05) is 0 Å². The summed E-state index contributed by atoms with van der Waals surface area (Å²) in [4.78, 5) is 10.4. The molecule has 2 aliphatic rings. The average Bonchev–Trinajstić information content (AvgIpc) is 3.24. The zero-order valence-corrected chi connectivity index (χ0v) is 23.7. The Morgan fingerprint density at radius 1 is 0.583 bits per heavy atom. The summed E-state index contributed by atoms with van der Waals surface area (Å²) in [5, 5.41) is 7.61. The third-order valence-electron chi connectivity index (χ3n) is 8.04. The molecule has 1 aliphatic carbocycles. The Morgan fingerprint density at radius 2 is 0.917 bits per heavy atom. The minimum absolute atomic E-state index is 0.00347. The van der Waals surface area contributed by atoms with Crippen molar-refractivity contribution in [2.24, 2.45) is 0 Å². The molecule has 0 spiro atoms. The van der Waals surface area contributed by atoms with Gasteiger partial charge in [0.15, 0.2) is 17.3 Å². The number of rotatable bonds is 2. The SMILES string of the molecule is CC(C)(C)c1ccc(C2(c3ccc(C(C)(C)C)cc3)Nc3nc4c(nc3N2)C(C)(C)CC4(C)C)cc1. The van der Waals surface area contributed by atoms with E-state index in [0.29, 0.717) is 0 Å². The van der Waals surface area contributed by atoms with Crippen LogP contribution in [0.1, 0.15) is 109 Å². The summed E-state index contributed by atoms with van der Waals surface area (Å²) in [7, 11) is 0. The van der Waals surface area contributed by atoms with Crippen molar-refractivity contribution in [1.82, 2.24) is 9.97 Å². The van der Waals surface area contributed by atoms with Gasteiger partial charge in [0.2, 0.25) is 0 Å². The predicted molar refractivity (Wildman–Crippen MR) is 151 cm³/mol. The first-order valence-electron chi connectivity index (χ1n) is 13.2. The van der Waals surface area contributed by atoms with Crippen LogP contribution in [0.25, 0.3) is 0 Å². The highest BCUT2D eigenvalue weighted by Gasteiger charge is 2.48. The summed E-state index contributed by atoms with van der Waals surface area (Å²) < 4.78 is 0. The fourth-order valence-electron chi connectivity index (χ4n) is 6.11. The second kappa shape index (κ2) is 7.57. The Balaban J connectivity index is 1.65. The first-order chi connectivity index (χ1) is 16.5. The van der Waals surface area contributed by atoms with Crippen molar-refractivity contribution in [1.29, 1.82) is 0 Å². The molecule has 0 unspecified atom stereocenters. The molecule has 0 saturated heterocycles. The summed E-state index contributed by atoms with van der Waals surface area (Å²) in [6.45, 7) is 22.7. The van der Waals surface area contributed by atoms with Crippen LogP contribution in [0.2, 0.25) is 0 Å². The summed E-state index contributed by atoms with van der Waals surface area (Å²) in [6, 6.07) is 18.0. The van der Waals surface area contributed by atoms with Crippen LogP contribution in [0.3, 0.4) is 0 Å². The van der Waals surface area contributed by atoms with Crippen LogP contribution in [0, 0.1) is 0 Å². The summed E-state index contributed by atoms with van der Waals surface area (Å²) in [5.41, 5.74) is 6.71. The van der Waals surface area contributed by atoms with Crippen molar-refractivity contribution in [3.8, 4) is 0 Å². The summed E-state index contributed by atoms with van der Waals surface area (Å²) in [6.07, 6.45) is 1.05. The first kappa shape index (κ1) is 24.8. The third-order valence-corrected chi connectivity index (χ3v) is 8.04. The molecular weight excluding hydrogens is 440 g/mol. The second-order valence-electron chi connectivity index (χ2n) is 14.2. The monoisotopic (exact) mass is 482 g/mol. The lowest BCUT2D eigenvalue weighted by atomic mass is 9.82. The molecule has 0 fully saturated rings. The number of aromatic nitrogens is 2. The lowest BCUT2D eigenvalue weighted by Gasteiger charge is -2.33. The van der Waals surface area contributed by atoms with Gasteiger partial charge in [0.05, 0.1) is 11.4 Å². The summed E-state index contributed by atoms with van der Waals surface area (Å²) in [5.74, 6) is 1.67. The van der Waals surface area contributed by atoms with Gasteiger partial charge in [0.1, 0.15) is 0 Å². The molecule has 0 amide bonds. The van der Waals surface area contributed by atoms with E-state index < -0.39 is 5.66 Å². The molecule has 4 heteroatoms. The number of benzene rings is 2. The number of hydrogen-bond acceptors (Lipinski definition) is 4. The molecule has 1 aliphatic heterocycles. The van der Waals surface area contributed by atoms with E-state index in [4.69, 9.17) is 9.97 Å². The van der Waals surface area contributed by atoms with Crippen molar-refractivity contribution in [3.63, 3.8) is 0 Å². The van der Waals surface area contributed by atoms with E-state index in [0.717, 1.165) is 40.6 Å². The van der Waals surface area contributed by atoms with Gasteiger partial charge in [-0.15, -0.1) is 0 Å². The van der Waals surface area contributed by atoms with Gasteiger partial charge >= 0.3 is 0 Å². The molecule has 36 heavy (non-hydrogen) atoms. The minimum Gasteiger partial charge on any atom is -0.337 e. The van der Waals surface area contributed by atoms with Crippen molar-refractivity contribution in [3.05, 3.63) is 82.2 Å². The number of hydrogen-bond donors (Lipinski definition) is 2. The predicted octanol–water partition coefficient (Wildman–Crippen LogP) is 7.77. The lowest BCUT2D eigenvalue weighted by Crippen LogP contribution is -2.40. The Labute approximate surface area is 217 Å². The Bertz CT molecular complexity index is 1200. The fourth-order valence-corrected chi connectivity index (χ4v) is 6.11. The van der Waals surface area contributed by atoms with Crippen LogP contribution < -0.4 is 10.6 Å². The molecule has 2 aromatic carbocycles. The van der Waals surface area contributed by atoms with Gasteiger partial charge in [-0.1, -0.05) is 118 Å². The number of nitrogens with one attached hydrogen (secondary N) is 2. The van der Waals surface area contributed by atoms with Crippen LogP contribution in [0.5, 0.6) is 0 Å². The zero-order valence-electron chi connectivity index (χ0n) is 23.7. The van der Waals surface area contributed by atoms with E-state index in [9.17, 15) is 0 Å². The molecule has 0 saturated carbocycles. The maximum atomic E-state index is 5.21. The molecule has 190 valence electrons. The molecular formula is C32H42N4. The Kier molecular flexibility index (Phi) is 5.21. The van der Waals surface area contributed by atoms with Gasteiger partial charge in [-0.2, -0.15) is 0 Å². The van der Waals surface area contributed by atoms with E-state index in [1.54, 1.807) is 0 Å². The summed E-state index contributed by atoms with van der Waals surface area (Å²) >= 11 is 0. The highest BCUT2D eigenvalue weighted by atomic mass is 15.3. The molecule has 2 heterocycles. The Hall–Kier alpha value is -2.88. The van der Waals surface area contributed by atoms with Crippen LogP contribution >= 0.6 is 0 Å².